The third-order valence-corrected chi connectivity index (χ3v) is 5.66. The van der Waals surface area contributed by atoms with Crippen molar-refractivity contribution in [2.45, 2.75) is 6.61 Å². The molecule has 0 saturated carbocycles. The van der Waals surface area contributed by atoms with Crippen LogP contribution in [0.1, 0.15) is 11.1 Å². The molecule has 4 aromatic carbocycles. The number of hydrogen-bond donors (Lipinski definition) is 2. The summed E-state index contributed by atoms with van der Waals surface area (Å²) in [5, 5.41) is 9.18. The van der Waals surface area contributed by atoms with Crippen molar-refractivity contribution in [3.05, 3.63) is 106 Å². The maximum atomic E-state index is 12.0. The summed E-state index contributed by atoms with van der Waals surface area (Å²) in [5.74, 6) is -1.10. The molecule has 0 fully saturated rings. The van der Waals surface area contributed by atoms with Crippen molar-refractivity contribution in [1.82, 2.24) is 5.43 Å². The van der Waals surface area contributed by atoms with Crippen LogP contribution in [-0.4, -0.2) is 18.0 Å². The number of ether oxygens (including phenoxy) is 1. The molecule has 0 heterocycles. The number of hydrazone groups is 1. The second-order valence-corrected chi connectivity index (χ2v) is 8.09. The first-order valence-corrected chi connectivity index (χ1v) is 11.0. The summed E-state index contributed by atoms with van der Waals surface area (Å²) in [5.41, 5.74) is 4.36. The molecule has 0 aliphatic carbocycles. The lowest BCUT2D eigenvalue weighted by Gasteiger charge is -2.09. The molecule has 0 aromatic heterocycles. The van der Waals surface area contributed by atoms with E-state index < -0.39 is 11.8 Å². The Bertz CT molecular complexity index is 1370. The number of halogens is 2. The van der Waals surface area contributed by atoms with E-state index in [0.717, 1.165) is 16.5 Å². The summed E-state index contributed by atoms with van der Waals surface area (Å²) in [6.07, 6.45) is 1.43. The van der Waals surface area contributed by atoms with Crippen molar-refractivity contribution in [3.63, 3.8) is 0 Å². The minimum Gasteiger partial charge on any atom is -0.489 e. The molecule has 0 bridgehead atoms. The van der Waals surface area contributed by atoms with Gasteiger partial charge in [-0.15, -0.1) is 0 Å². The maximum Gasteiger partial charge on any atom is 0.329 e. The SMILES string of the molecule is O=C(N/N=C/c1ccc(OCc2cccc3ccccc23)cc1)C(=O)Nc1ccc(Cl)c(Cl)c1. The van der Waals surface area contributed by atoms with Crippen molar-refractivity contribution in [1.29, 1.82) is 0 Å². The lowest BCUT2D eigenvalue weighted by Crippen LogP contribution is -2.32. The van der Waals surface area contributed by atoms with Gasteiger partial charge in [-0.3, -0.25) is 9.59 Å². The van der Waals surface area contributed by atoms with Crippen LogP contribution in [0.4, 0.5) is 5.69 Å². The van der Waals surface area contributed by atoms with E-state index in [0.29, 0.717) is 23.1 Å². The van der Waals surface area contributed by atoms with Gasteiger partial charge in [-0.2, -0.15) is 5.10 Å². The average Bonchev–Trinajstić information content (AvgIpc) is 2.85. The maximum absolute atomic E-state index is 12.0. The first kappa shape index (κ1) is 23.3. The fourth-order valence-corrected chi connectivity index (χ4v) is 3.51. The summed E-state index contributed by atoms with van der Waals surface area (Å²) in [6.45, 7) is 0.443. The zero-order valence-electron chi connectivity index (χ0n) is 17.8. The fourth-order valence-electron chi connectivity index (χ4n) is 3.21. The van der Waals surface area contributed by atoms with Crippen molar-refractivity contribution in [2.24, 2.45) is 5.10 Å². The number of anilines is 1. The number of fused-ring (bicyclic) bond motifs is 1. The van der Waals surface area contributed by atoms with Gasteiger partial charge in [0.2, 0.25) is 0 Å². The molecule has 0 spiro atoms. The third kappa shape index (κ3) is 5.92. The second-order valence-electron chi connectivity index (χ2n) is 7.28. The Morgan fingerprint density at radius 3 is 2.41 bits per heavy atom. The van der Waals surface area contributed by atoms with Crippen LogP contribution in [0.2, 0.25) is 10.0 Å². The summed E-state index contributed by atoms with van der Waals surface area (Å²) >= 11 is 11.7. The Morgan fingerprint density at radius 2 is 1.62 bits per heavy atom. The van der Waals surface area contributed by atoms with Crippen molar-refractivity contribution in [2.75, 3.05) is 5.32 Å². The molecule has 0 aliphatic rings. The number of carbonyl (C=O) groups excluding carboxylic acids is 2. The van der Waals surface area contributed by atoms with Gasteiger partial charge in [0.1, 0.15) is 12.4 Å². The highest BCUT2D eigenvalue weighted by Gasteiger charge is 2.13. The average molecular weight is 492 g/mol. The lowest BCUT2D eigenvalue weighted by atomic mass is 10.1. The second kappa shape index (κ2) is 10.8. The number of carbonyl (C=O) groups is 2. The van der Waals surface area contributed by atoms with Crippen molar-refractivity contribution in [3.8, 4) is 5.75 Å². The van der Waals surface area contributed by atoms with E-state index in [1.54, 1.807) is 12.1 Å². The number of nitrogens with zero attached hydrogens (tertiary/aromatic N) is 1. The third-order valence-electron chi connectivity index (χ3n) is 4.92. The number of rotatable bonds is 6. The van der Waals surface area contributed by atoms with Gasteiger partial charge in [0.05, 0.1) is 16.3 Å². The number of amides is 2. The van der Waals surface area contributed by atoms with Crippen LogP contribution in [0, 0.1) is 0 Å². The molecular weight excluding hydrogens is 473 g/mol. The van der Waals surface area contributed by atoms with E-state index in [1.165, 1.54) is 29.8 Å². The predicted molar refractivity (Wildman–Crippen MR) is 136 cm³/mol. The summed E-state index contributed by atoms with van der Waals surface area (Å²) in [7, 11) is 0. The van der Waals surface area contributed by atoms with E-state index in [1.807, 2.05) is 36.4 Å². The summed E-state index contributed by atoms with van der Waals surface area (Å²) in [4.78, 5) is 23.9. The van der Waals surface area contributed by atoms with E-state index in [9.17, 15) is 9.59 Å². The normalized spacial score (nSPS) is 10.9. The molecule has 4 rings (SSSR count). The molecule has 4 aromatic rings. The van der Waals surface area contributed by atoms with E-state index in [-0.39, 0.29) is 5.02 Å². The Hall–Kier alpha value is -3.87. The number of benzene rings is 4. The van der Waals surface area contributed by atoms with Gasteiger partial charge in [-0.05, 0) is 64.4 Å². The molecule has 6 nitrogen and oxygen atoms in total. The van der Waals surface area contributed by atoms with E-state index in [2.05, 4.69) is 34.0 Å². The largest absolute Gasteiger partial charge is 0.489 e. The number of hydrogen-bond acceptors (Lipinski definition) is 4. The van der Waals surface area contributed by atoms with Crippen LogP contribution in [0.25, 0.3) is 10.8 Å². The van der Waals surface area contributed by atoms with Crippen molar-refractivity contribution < 1.29 is 14.3 Å². The summed E-state index contributed by atoms with van der Waals surface area (Å²) < 4.78 is 5.92. The Balaban J connectivity index is 1.29. The highest BCUT2D eigenvalue weighted by Crippen LogP contribution is 2.25. The monoisotopic (exact) mass is 491 g/mol. The minimum absolute atomic E-state index is 0.266. The van der Waals surface area contributed by atoms with Crippen LogP contribution in [0.3, 0.4) is 0 Å². The molecule has 0 saturated heterocycles. The Kier molecular flexibility index (Phi) is 7.42. The zero-order valence-corrected chi connectivity index (χ0v) is 19.3. The molecule has 0 atom stereocenters. The molecular formula is C26H19Cl2N3O3. The molecule has 0 radical (unpaired) electrons. The molecule has 2 amide bonds. The zero-order chi connectivity index (χ0) is 23.9. The smallest absolute Gasteiger partial charge is 0.329 e. The highest BCUT2D eigenvalue weighted by atomic mass is 35.5. The van der Waals surface area contributed by atoms with Crippen molar-refractivity contribution >= 4 is 57.7 Å². The van der Waals surface area contributed by atoms with Gasteiger partial charge in [0.15, 0.2) is 0 Å². The fraction of sp³-hybridized carbons (Fsp3) is 0.0385. The topological polar surface area (TPSA) is 79.8 Å². The molecule has 8 heteroatoms. The molecule has 170 valence electrons. The van der Waals surface area contributed by atoms with E-state index in [4.69, 9.17) is 27.9 Å². The van der Waals surface area contributed by atoms with Crippen LogP contribution in [0.15, 0.2) is 90.0 Å². The van der Waals surface area contributed by atoms with Gasteiger partial charge in [0, 0.05) is 5.69 Å². The molecule has 34 heavy (non-hydrogen) atoms. The molecule has 0 unspecified atom stereocenters. The van der Waals surface area contributed by atoms with Gasteiger partial charge in [0.25, 0.3) is 0 Å². The van der Waals surface area contributed by atoms with Gasteiger partial charge < -0.3 is 10.1 Å². The van der Waals surface area contributed by atoms with Gasteiger partial charge in [-0.1, -0.05) is 65.7 Å². The van der Waals surface area contributed by atoms with Crippen LogP contribution in [0.5, 0.6) is 5.75 Å². The standard InChI is InChI=1S/C26H19Cl2N3O3/c27-23-13-10-20(14-24(23)28)30-25(32)26(33)31-29-15-17-8-11-21(12-9-17)34-16-19-6-3-5-18-4-1-2-7-22(18)19/h1-15H,16H2,(H,30,32)(H,31,33)/b29-15+. The molecule has 0 aliphatic heterocycles. The Morgan fingerprint density at radius 1 is 0.853 bits per heavy atom. The van der Waals surface area contributed by atoms with Crippen LogP contribution < -0.4 is 15.5 Å². The van der Waals surface area contributed by atoms with Crippen LogP contribution >= 0.6 is 23.2 Å². The lowest BCUT2D eigenvalue weighted by molar-refractivity contribution is -0.136. The highest BCUT2D eigenvalue weighted by molar-refractivity contribution is 6.43. The quantitative estimate of drug-likeness (QED) is 0.202. The first-order chi connectivity index (χ1) is 16.5. The predicted octanol–water partition coefficient (Wildman–Crippen LogP) is 5.81. The number of nitrogens with one attached hydrogen (secondary N) is 2. The van der Waals surface area contributed by atoms with Gasteiger partial charge in [-0.25, -0.2) is 5.43 Å². The Labute approximate surface area is 206 Å². The van der Waals surface area contributed by atoms with E-state index >= 15 is 0 Å². The summed E-state index contributed by atoms with van der Waals surface area (Å²) in [6, 6.07) is 26.0. The van der Waals surface area contributed by atoms with Gasteiger partial charge >= 0.3 is 11.8 Å². The first-order valence-electron chi connectivity index (χ1n) is 10.3. The van der Waals surface area contributed by atoms with Crippen LogP contribution in [-0.2, 0) is 16.2 Å². The molecule has 2 N–H and O–H groups in total. The minimum atomic E-state index is -0.919.